The van der Waals surface area contributed by atoms with E-state index in [0.29, 0.717) is 11.6 Å². The molecule has 2 aromatic rings. The van der Waals surface area contributed by atoms with Gasteiger partial charge in [0.15, 0.2) is 8.32 Å². The fourth-order valence-corrected chi connectivity index (χ4v) is 6.78. The number of amides is 1. The quantitative estimate of drug-likeness (QED) is 0.322. The molecule has 0 unspecified atom stereocenters. The lowest BCUT2D eigenvalue weighted by Gasteiger charge is -2.47. The van der Waals surface area contributed by atoms with E-state index in [2.05, 4.69) is 59.3 Å². The Kier molecular flexibility index (Phi) is 8.72. The Labute approximate surface area is 225 Å². The van der Waals surface area contributed by atoms with Gasteiger partial charge in [0.05, 0.1) is 29.5 Å². The zero-order valence-corrected chi connectivity index (χ0v) is 25.8. The molecule has 1 aliphatic rings. The normalized spacial score (nSPS) is 19.9. The molecule has 1 fully saturated rings. The van der Waals surface area contributed by atoms with Crippen LogP contribution in [-0.2, 0) is 15.7 Å². The molecule has 0 bridgehead atoms. The number of fused-ring (bicyclic) bond motifs is 1. The SMILES string of the molecule is CC(C)(C)OC(=O)N1CCC[C@H](O[Si](C)(C)C(C)(C)C)[C@H]1CCCn1cnc2cc(Cl)cc(Br)c21. The van der Waals surface area contributed by atoms with E-state index >= 15 is 0 Å². The molecule has 1 saturated heterocycles. The highest BCUT2D eigenvalue weighted by Gasteiger charge is 2.44. The molecule has 0 aliphatic carbocycles. The Morgan fingerprint density at radius 3 is 2.54 bits per heavy atom. The summed E-state index contributed by atoms with van der Waals surface area (Å²) in [5, 5.41) is 0.769. The molecular weight excluding hydrogens is 546 g/mol. The largest absolute Gasteiger partial charge is 0.444 e. The van der Waals surface area contributed by atoms with Crippen molar-refractivity contribution in [1.29, 1.82) is 0 Å². The summed E-state index contributed by atoms with van der Waals surface area (Å²) in [7, 11) is -2.00. The van der Waals surface area contributed by atoms with Gasteiger partial charge in [-0.3, -0.25) is 0 Å². The van der Waals surface area contributed by atoms with Gasteiger partial charge in [0.25, 0.3) is 0 Å². The summed E-state index contributed by atoms with van der Waals surface area (Å²) in [5.41, 5.74) is 1.38. The average Bonchev–Trinajstić information content (AvgIpc) is 3.09. The van der Waals surface area contributed by atoms with E-state index in [9.17, 15) is 4.79 Å². The van der Waals surface area contributed by atoms with Crippen LogP contribution in [0.2, 0.25) is 23.2 Å². The van der Waals surface area contributed by atoms with Crippen molar-refractivity contribution in [1.82, 2.24) is 14.5 Å². The highest BCUT2D eigenvalue weighted by Crippen LogP contribution is 2.40. The van der Waals surface area contributed by atoms with E-state index in [0.717, 1.165) is 47.7 Å². The Hall–Kier alpha value is -1.09. The van der Waals surface area contributed by atoms with Crippen LogP contribution < -0.4 is 0 Å². The smallest absolute Gasteiger partial charge is 0.410 e. The van der Waals surface area contributed by atoms with E-state index in [1.54, 1.807) is 0 Å². The number of halogens is 2. The van der Waals surface area contributed by atoms with Gasteiger partial charge in [0, 0.05) is 22.6 Å². The number of piperidine rings is 1. The molecule has 35 heavy (non-hydrogen) atoms. The fourth-order valence-electron chi connectivity index (χ4n) is 4.37. The molecule has 0 radical (unpaired) electrons. The van der Waals surface area contributed by atoms with Crippen molar-refractivity contribution in [2.24, 2.45) is 0 Å². The first-order valence-corrected chi connectivity index (χ1v) is 16.6. The molecule has 0 saturated carbocycles. The molecule has 1 aliphatic heterocycles. The zero-order valence-electron chi connectivity index (χ0n) is 22.5. The number of ether oxygens (including phenoxy) is 1. The first-order valence-electron chi connectivity index (χ1n) is 12.6. The van der Waals surface area contributed by atoms with Crippen molar-refractivity contribution in [3.8, 4) is 0 Å². The molecule has 2 heterocycles. The lowest BCUT2D eigenvalue weighted by atomic mass is 9.95. The summed E-state index contributed by atoms with van der Waals surface area (Å²) in [6, 6.07) is 3.77. The molecule has 0 N–H and O–H groups in total. The van der Waals surface area contributed by atoms with Crippen LogP contribution in [0.5, 0.6) is 0 Å². The Morgan fingerprint density at radius 2 is 1.91 bits per heavy atom. The molecule has 1 amide bonds. The summed E-state index contributed by atoms with van der Waals surface area (Å²) in [6.07, 6.45) is 5.26. The molecule has 1 aromatic heterocycles. The number of aromatic nitrogens is 2. The fraction of sp³-hybridized carbons (Fsp3) is 0.692. The van der Waals surface area contributed by atoms with Gasteiger partial charge < -0.3 is 18.6 Å². The van der Waals surface area contributed by atoms with Crippen molar-refractivity contribution < 1.29 is 14.0 Å². The molecular formula is C26H41BrClN3O3Si. The monoisotopic (exact) mass is 585 g/mol. The third kappa shape index (κ3) is 7.02. The van der Waals surface area contributed by atoms with Crippen LogP contribution in [0.4, 0.5) is 4.79 Å². The van der Waals surface area contributed by atoms with E-state index < -0.39 is 13.9 Å². The zero-order chi connectivity index (χ0) is 26.2. The predicted molar refractivity (Wildman–Crippen MR) is 150 cm³/mol. The van der Waals surface area contributed by atoms with Crippen molar-refractivity contribution >= 4 is 53.0 Å². The molecule has 0 spiro atoms. The summed E-state index contributed by atoms with van der Waals surface area (Å²) >= 11 is 9.83. The van der Waals surface area contributed by atoms with Crippen LogP contribution in [-0.4, -0.2) is 53.2 Å². The molecule has 6 nitrogen and oxygen atoms in total. The highest BCUT2D eigenvalue weighted by molar-refractivity contribution is 9.10. The first kappa shape index (κ1) is 28.5. The third-order valence-electron chi connectivity index (χ3n) is 7.13. The minimum atomic E-state index is -2.00. The Morgan fingerprint density at radius 1 is 1.23 bits per heavy atom. The minimum Gasteiger partial charge on any atom is -0.444 e. The minimum absolute atomic E-state index is 0.0135. The van der Waals surface area contributed by atoms with Gasteiger partial charge in [-0.05, 0) is 92.6 Å². The number of imidazole rings is 1. The first-order chi connectivity index (χ1) is 16.1. The molecule has 2 atom stereocenters. The van der Waals surface area contributed by atoms with Gasteiger partial charge in [-0.25, -0.2) is 9.78 Å². The van der Waals surface area contributed by atoms with Crippen LogP contribution in [0.15, 0.2) is 22.9 Å². The van der Waals surface area contributed by atoms with E-state index in [1.807, 2.05) is 44.1 Å². The third-order valence-corrected chi connectivity index (χ3v) is 12.5. The number of rotatable bonds is 6. The summed E-state index contributed by atoms with van der Waals surface area (Å²) in [4.78, 5) is 19.7. The Bertz CT molecular complexity index is 1040. The van der Waals surface area contributed by atoms with Crippen molar-refractivity contribution in [2.45, 2.75) is 110 Å². The van der Waals surface area contributed by atoms with E-state index in [4.69, 9.17) is 20.8 Å². The number of aryl methyl sites for hydroxylation is 1. The van der Waals surface area contributed by atoms with Gasteiger partial charge in [0.1, 0.15) is 5.60 Å². The maximum Gasteiger partial charge on any atom is 0.410 e. The van der Waals surface area contributed by atoms with Crippen LogP contribution in [0.1, 0.15) is 67.2 Å². The Balaban J connectivity index is 1.81. The number of benzene rings is 1. The maximum atomic E-state index is 13.2. The number of nitrogens with zero attached hydrogens (tertiary/aromatic N) is 3. The van der Waals surface area contributed by atoms with Gasteiger partial charge >= 0.3 is 6.09 Å². The number of carbonyl (C=O) groups excluding carboxylic acids is 1. The lowest BCUT2D eigenvalue weighted by molar-refractivity contribution is -0.0219. The molecule has 3 rings (SSSR count). The standard InChI is InChI=1S/C26H41BrClN3O3Si/c1-25(2,3)33-24(32)31-14-10-12-22(34-35(7,8)26(4,5)6)21(31)11-9-13-30-17-29-20-16-18(28)15-19(27)23(20)30/h15-17,21-22H,9-14H2,1-8H3/t21-,22+/m1/s1. The van der Waals surface area contributed by atoms with Crippen molar-refractivity contribution in [2.75, 3.05) is 6.54 Å². The topological polar surface area (TPSA) is 56.6 Å². The van der Waals surface area contributed by atoms with Crippen LogP contribution >= 0.6 is 27.5 Å². The summed E-state index contributed by atoms with van der Waals surface area (Å²) in [5.74, 6) is 0. The van der Waals surface area contributed by atoms with Crippen LogP contribution in [0.25, 0.3) is 11.0 Å². The van der Waals surface area contributed by atoms with Gasteiger partial charge in [0.2, 0.25) is 0 Å². The number of likely N-dealkylation sites (tertiary alicyclic amines) is 1. The van der Waals surface area contributed by atoms with E-state index in [-0.39, 0.29) is 23.3 Å². The second-order valence-corrected chi connectivity index (χ2v) is 18.2. The predicted octanol–water partition coefficient (Wildman–Crippen LogP) is 8.02. The summed E-state index contributed by atoms with van der Waals surface area (Å²) < 4.78 is 15.8. The summed E-state index contributed by atoms with van der Waals surface area (Å²) in [6.45, 7) is 18.6. The van der Waals surface area contributed by atoms with Crippen molar-refractivity contribution in [3.05, 3.63) is 28.0 Å². The second-order valence-electron chi connectivity index (χ2n) is 12.1. The second kappa shape index (κ2) is 10.7. The average molecular weight is 587 g/mol. The molecule has 9 heteroatoms. The van der Waals surface area contributed by atoms with Gasteiger partial charge in [-0.1, -0.05) is 32.4 Å². The highest BCUT2D eigenvalue weighted by atomic mass is 79.9. The number of hydrogen-bond acceptors (Lipinski definition) is 4. The lowest BCUT2D eigenvalue weighted by Crippen LogP contribution is -2.56. The maximum absolute atomic E-state index is 13.2. The van der Waals surface area contributed by atoms with Crippen LogP contribution in [0.3, 0.4) is 0 Å². The number of carbonyl (C=O) groups is 1. The van der Waals surface area contributed by atoms with Crippen LogP contribution in [0, 0.1) is 0 Å². The van der Waals surface area contributed by atoms with Crippen molar-refractivity contribution in [3.63, 3.8) is 0 Å². The van der Waals surface area contributed by atoms with Gasteiger partial charge in [-0.15, -0.1) is 0 Å². The van der Waals surface area contributed by atoms with Gasteiger partial charge in [-0.2, -0.15) is 0 Å². The van der Waals surface area contributed by atoms with E-state index in [1.165, 1.54) is 0 Å². The number of hydrogen-bond donors (Lipinski definition) is 0. The molecule has 1 aromatic carbocycles. The molecule has 196 valence electrons.